The summed E-state index contributed by atoms with van der Waals surface area (Å²) in [6.45, 7) is 2.15. The van der Waals surface area contributed by atoms with Gasteiger partial charge in [0.05, 0.1) is 12.7 Å². The van der Waals surface area contributed by atoms with Crippen molar-refractivity contribution in [3.63, 3.8) is 0 Å². The second-order valence-corrected chi connectivity index (χ2v) is 5.73. The zero-order chi connectivity index (χ0) is 17.8. The molecule has 3 N–H and O–H groups in total. The van der Waals surface area contributed by atoms with E-state index in [1.54, 1.807) is 24.3 Å². The molecule has 0 atom stereocenters. The molecule has 0 aromatic heterocycles. The normalized spacial score (nSPS) is 9.92. The summed E-state index contributed by atoms with van der Waals surface area (Å²) in [7, 11) is 1.49. The smallest absolute Gasteiger partial charge is 0.273 e. The Kier molecular flexibility index (Phi) is 9.45. The van der Waals surface area contributed by atoms with E-state index >= 15 is 0 Å². The van der Waals surface area contributed by atoms with E-state index in [-0.39, 0.29) is 11.0 Å². The van der Waals surface area contributed by atoms with E-state index in [1.807, 2.05) is 0 Å². The van der Waals surface area contributed by atoms with Gasteiger partial charge < -0.3 is 10.1 Å². The number of nitrogens with one attached hydrogen (secondary N) is 3. The van der Waals surface area contributed by atoms with Crippen LogP contribution in [0.3, 0.4) is 0 Å². The first kappa shape index (κ1) is 19.9. The number of rotatable bonds is 8. The van der Waals surface area contributed by atoms with E-state index < -0.39 is 5.91 Å². The molecule has 0 saturated heterocycles. The van der Waals surface area contributed by atoms with E-state index in [9.17, 15) is 9.59 Å². The van der Waals surface area contributed by atoms with Gasteiger partial charge >= 0.3 is 0 Å². The van der Waals surface area contributed by atoms with Crippen LogP contribution in [0.4, 0.5) is 0 Å². The molecule has 24 heavy (non-hydrogen) atoms. The molecule has 0 aliphatic carbocycles. The van der Waals surface area contributed by atoms with Crippen LogP contribution in [0.1, 0.15) is 55.8 Å². The van der Waals surface area contributed by atoms with Gasteiger partial charge in [-0.1, -0.05) is 44.7 Å². The van der Waals surface area contributed by atoms with Gasteiger partial charge in [0, 0.05) is 6.42 Å². The first-order valence-electron chi connectivity index (χ1n) is 8.11. The van der Waals surface area contributed by atoms with Crippen LogP contribution < -0.4 is 20.9 Å². The number of methoxy groups -OCH3 is 1. The Morgan fingerprint density at radius 2 is 1.79 bits per heavy atom. The standard InChI is InChI=1S/C17H25N3O3S/c1-3-4-5-6-7-12-15(21)18-17(24)20-19-16(22)13-10-8-9-11-14(13)23-2/h8-11H,3-7,12H2,1-2H3,(H,19,22)(H2,18,20,21,24). The number of hydrazine groups is 1. The first-order chi connectivity index (χ1) is 11.6. The number of ether oxygens (including phenoxy) is 1. The van der Waals surface area contributed by atoms with Gasteiger partial charge in [0.1, 0.15) is 5.75 Å². The number of benzene rings is 1. The molecule has 1 rings (SSSR count). The van der Waals surface area contributed by atoms with Crippen LogP contribution >= 0.6 is 12.2 Å². The van der Waals surface area contributed by atoms with Gasteiger partial charge in [-0.15, -0.1) is 0 Å². The van der Waals surface area contributed by atoms with Gasteiger partial charge in [-0.05, 0) is 30.8 Å². The minimum Gasteiger partial charge on any atom is -0.496 e. The maximum Gasteiger partial charge on any atom is 0.273 e. The van der Waals surface area contributed by atoms with Gasteiger partial charge in [0.15, 0.2) is 5.11 Å². The molecule has 0 fully saturated rings. The number of hydrogen-bond acceptors (Lipinski definition) is 4. The number of unbranched alkanes of at least 4 members (excludes halogenated alkanes) is 4. The van der Waals surface area contributed by atoms with Crippen molar-refractivity contribution in [3.05, 3.63) is 29.8 Å². The van der Waals surface area contributed by atoms with Crippen molar-refractivity contribution in [2.24, 2.45) is 0 Å². The second-order valence-electron chi connectivity index (χ2n) is 5.32. The molecular formula is C17H25N3O3S. The van der Waals surface area contributed by atoms with Crippen LogP contribution in [0, 0.1) is 0 Å². The van der Waals surface area contributed by atoms with Crippen molar-refractivity contribution in [2.45, 2.75) is 45.4 Å². The second kappa shape index (κ2) is 11.4. The number of hydrogen-bond donors (Lipinski definition) is 3. The molecule has 0 saturated carbocycles. The maximum absolute atomic E-state index is 12.1. The summed E-state index contributed by atoms with van der Waals surface area (Å²) in [5, 5.41) is 2.61. The van der Waals surface area contributed by atoms with Crippen molar-refractivity contribution in [2.75, 3.05) is 7.11 Å². The SMILES string of the molecule is CCCCCCCC(=O)NC(=S)NNC(=O)c1ccccc1OC. The van der Waals surface area contributed by atoms with Gasteiger partial charge in [-0.2, -0.15) is 0 Å². The summed E-state index contributed by atoms with van der Waals surface area (Å²) in [4.78, 5) is 23.8. The van der Waals surface area contributed by atoms with Crippen molar-refractivity contribution in [1.82, 2.24) is 16.2 Å². The Morgan fingerprint density at radius 1 is 1.08 bits per heavy atom. The summed E-state index contributed by atoms with van der Waals surface area (Å²) in [5.74, 6) is -0.0991. The molecule has 0 spiro atoms. The fourth-order valence-electron chi connectivity index (χ4n) is 2.12. The van der Waals surface area contributed by atoms with Crippen LogP contribution in [-0.2, 0) is 4.79 Å². The molecule has 0 aliphatic heterocycles. The van der Waals surface area contributed by atoms with Crippen molar-refractivity contribution in [3.8, 4) is 5.75 Å². The lowest BCUT2D eigenvalue weighted by Crippen LogP contribution is -2.48. The van der Waals surface area contributed by atoms with Crippen molar-refractivity contribution in [1.29, 1.82) is 0 Å². The molecule has 1 aromatic rings. The van der Waals surface area contributed by atoms with Crippen LogP contribution in [0.25, 0.3) is 0 Å². The number of thiocarbonyl (C=S) groups is 1. The Balaban J connectivity index is 2.30. The third-order valence-corrected chi connectivity index (χ3v) is 3.61. The third-order valence-electron chi connectivity index (χ3n) is 3.40. The lowest BCUT2D eigenvalue weighted by Gasteiger charge is -2.12. The molecule has 2 amide bonds. The predicted octanol–water partition coefficient (Wildman–Crippen LogP) is 2.69. The van der Waals surface area contributed by atoms with Crippen LogP contribution in [-0.4, -0.2) is 24.0 Å². The quantitative estimate of drug-likeness (QED) is 0.381. The van der Waals surface area contributed by atoms with E-state index in [0.717, 1.165) is 19.3 Å². The lowest BCUT2D eigenvalue weighted by molar-refractivity contribution is -0.119. The molecule has 1 aromatic carbocycles. The minimum atomic E-state index is -0.399. The molecule has 0 aliphatic rings. The molecular weight excluding hydrogens is 326 g/mol. The monoisotopic (exact) mass is 351 g/mol. The average Bonchev–Trinajstić information content (AvgIpc) is 2.59. The van der Waals surface area contributed by atoms with E-state index in [4.69, 9.17) is 17.0 Å². The Labute approximate surface area is 148 Å². The Morgan fingerprint density at radius 3 is 2.50 bits per heavy atom. The largest absolute Gasteiger partial charge is 0.496 e. The highest BCUT2D eigenvalue weighted by Gasteiger charge is 2.12. The zero-order valence-corrected chi connectivity index (χ0v) is 15.0. The zero-order valence-electron chi connectivity index (χ0n) is 14.2. The molecule has 0 unspecified atom stereocenters. The summed E-state index contributed by atoms with van der Waals surface area (Å²) < 4.78 is 5.12. The van der Waals surface area contributed by atoms with Crippen LogP contribution in [0.15, 0.2) is 24.3 Å². The number of para-hydroxylation sites is 1. The molecule has 6 nitrogen and oxygen atoms in total. The van der Waals surface area contributed by atoms with E-state index in [0.29, 0.717) is 17.7 Å². The number of carbonyl (C=O) groups is 2. The predicted molar refractivity (Wildman–Crippen MR) is 97.7 cm³/mol. The van der Waals surface area contributed by atoms with Crippen LogP contribution in [0.5, 0.6) is 5.75 Å². The third kappa shape index (κ3) is 7.41. The highest BCUT2D eigenvalue weighted by molar-refractivity contribution is 7.80. The Hall–Kier alpha value is -2.15. The summed E-state index contributed by atoms with van der Waals surface area (Å²) >= 11 is 4.99. The van der Waals surface area contributed by atoms with Gasteiger partial charge in [0.2, 0.25) is 5.91 Å². The highest BCUT2D eigenvalue weighted by Crippen LogP contribution is 2.16. The minimum absolute atomic E-state index is 0.0665. The topological polar surface area (TPSA) is 79.5 Å². The summed E-state index contributed by atoms with van der Waals surface area (Å²) in [5.41, 5.74) is 5.33. The summed E-state index contributed by atoms with van der Waals surface area (Å²) in [6, 6.07) is 6.83. The van der Waals surface area contributed by atoms with E-state index in [1.165, 1.54) is 20.0 Å². The molecule has 0 radical (unpaired) electrons. The molecule has 7 heteroatoms. The highest BCUT2D eigenvalue weighted by atomic mass is 32.1. The van der Waals surface area contributed by atoms with Crippen LogP contribution in [0.2, 0.25) is 0 Å². The maximum atomic E-state index is 12.1. The lowest BCUT2D eigenvalue weighted by atomic mass is 10.1. The fourth-order valence-corrected chi connectivity index (χ4v) is 2.29. The molecule has 0 bridgehead atoms. The van der Waals surface area contributed by atoms with Gasteiger partial charge in [-0.3, -0.25) is 20.4 Å². The fraction of sp³-hybridized carbons (Fsp3) is 0.471. The Bertz CT molecular complexity index is 564. The van der Waals surface area contributed by atoms with Crippen molar-refractivity contribution < 1.29 is 14.3 Å². The van der Waals surface area contributed by atoms with Crippen molar-refractivity contribution >= 4 is 29.1 Å². The molecule has 0 heterocycles. The molecule has 132 valence electrons. The van der Waals surface area contributed by atoms with Gasteiger partial charge in [-0.25, -0.2) is 0 Å². The first-order valence-corrected chi connectivity index (χ1v) is 8.52. The summed E-state index contributed by atoms with van der Waals surface area (Å²) in [6.07, 6.45) is 5.80. The number of amides is 2. The van der Waals surface area contributed by atoms with E-state index in [2.05, 4.69) is 23.1 Å². The average molecular weight is 351 g/mol. The van der Waals surface area contributed by atoms with Gasteiger partial charge in [0.25, 0.3) is 5.91 Å². The number of carbonyl (C=O) groups excluding carboxylic acids is 2.